The van der Waals surface area contributed by atoms with E-state index in [0.29, 0.717) is 19.7 Å². The number of rotatable bonds is 10. The van der Waals surface area contributed by atoms with Gasteiger partial charge in [-0.3, -0.25) is 9.59 Å². The van der Waals surface area contributed by atoms with Crippen molar-refractivity contribution in [1.29, 1.82) is 0 Å². The molecule has 1 atom stereocenters. The zero-order valence-electron chi connectivity index (χ0n) is 15.9. The van der Waals surface area contributed by atoms with Crippen molar-refractivity contribution >= 4 is 34.8 Å². The number of carbonyl (C=O) groups excluding carboxylic acids is 2. The predicted octanol–water partition coefficient (Wildman–Crippen LogP) is 3.52. The van der Waals surface area contributed by atoms with Gasteiger partial charge >= 0.3 is 0 Å². The van der Waals surface area contributed by atoms with Gasteiger partial charge in [-0.25, -0.2) is 4.39 Å². The van der Waals surface area contributed by atoms with Crippen LogP contribution in [0.2, 0.25) is 0 Å². The Balaban J connectivity index is 2.15. The maximum Gasteiger partial charge on any atom is 0.242 e. The highest BCUT2D eigenvalue weighted by molar-refractivity contribution is 7.09. The highest BCUT2D eigenvalue weighted by Gasteiger charge is 2.24. The van der Waals surface area contributed by atoms with Gasteiger partial charge in [0.25, 0.3) is 0 Å². The van der Waals surface area contributed by atoms with Crippen molar-refractivity contribution in [1.82, 2.24) is 9.80 Å². The molecule has 28 heavy (non-hydrogen) atoms. The average molecular weight is 427 g/mol. The van der Waals surface area contributed by atoms with Crippen LogP contribution >= 0.6 is 22.9 Å². The molecule has 2 rings (SSSR count). The quantitative estimate of drug-likeness (QED) is 0.546. The summed E-state index contributed by atoms with van der Waals surface area (Å²) < 4.78 is 18.2. The lowest BCUT2D eigenvalue weighted by molar-refractivity contribution is -0.141. The second kappa shape index (κ2) is 11.1. The van der Waals surface area contributed by atoms with Crippen LogP contribution in [0.25, 0.3) is 0 Å². The number of nitrogens with zero attached hydrogens (tertiary/aromatic N) is 2. The summed E-state index contributed by atoms with van der Waals surface area (Å²) in [5.74, 6) is -0.850. The fourth-order valence-electron chi connectivity index (χ4n) is 2.62. The molecule has 5 nitrogen and oxygen atoms in total. The maximum atomic E-state index is 13.2. The summed E-state index contributed by atoms with van der Waals surface area (Å²) in [6, 6.07) is 9.91. The number of benzene rings is 1. The minimum absolute atomic E-state index is 0.0914. The Labute approximate surface area is 173 Å². The first-order valence-electron chi connectivity index (χ1n) is 8.87. The number of methoxy groups -OCH3 is 1. The summed E-state index contributed by atoms with van der Waals surface area (Å²) in [6.45, 7) is 2.81. The van der Waals surface area contributed by atoms with Gasteiger partial charge in [-0.05, 0) is 36.1 Å². The molecule has 1 heterocycles. The van der Waals surface area contributed by atoms with Crippen LogP contribution in [0, 0.1) is 5.82 Å². The molecule has 152 valence electrons. The van der Waals surface area contributed by atoms with Gasteiger partial charge in [0.15, 0.2) is 0 Å². The third-order valence-electron chi connectivity index (χ3n) is 4.11. The van der Waals surface area contributed by atoms with Gasteiger partial charge in [0.1, 0.15) is 11.2 Å². The fraction of sp³-hybridized carbons (Fsp3) is 0.400. The molecule has 0 aliphatic carbocycles. The molecule has 8 heteroatoms. The summed E-state index contributed by atoms with van der Waals surface area (Å²) in [5.41, 5.74) is 0.812. The third kappa shape index (κ3) is 6.89. The highest BCUT2D eigenvalue weighted by atomic mass is 35.5. The van der Waals surface area contributed by atoms with Crippen molar-refractivity contribution in [2.24, 2.45) is 0 Å². The number of alkyl halides is 1. The molecule has 0 aliphatic heterocycles. The molecular weight excluding hydrogens is 403 g/mol. The third-order valence-corrected chi connectivity index (χ3v) is 5.16. The zero-order chi connectivity index (χ0) is 20.5. The molecule has 0 saturated carbocycles. The standard InChI is InChI=1S/C20H24ClFN2O3S/c1-15(21)20(26)23(9-10-27-2)14-19(25)24(13-18-4-3-11-28-18)12-16-5-7-17(22)8-6-16/h3-8,11,15H,9-10,12-14H2,1-2H3. The normalized spacial score (nSPS) is 11.9. The van der Waals surface area contributed by atoms with E-state index in [4.69, 9.17) is 16.3 Å². The van der Waals surface area contributed by atoms with E-state index >= 15 is 0 Å². The van der Waals surface area contributed by atoms with Crippen LogP contribution in [0.4, 0.5) is 4.39 Å². The van der Waals surface area contributed by atoms with E-state index in [0.717, 1.165) is 10.4 Å². The summed E-state index contributed by atoms with van der Waals surface area (Å²) in [6.07, 6.45) is 0. The lowest BCUT2D eigenvalue weighted by atomic mass is 10.2. The molecule has 0 fully saturated rings. The van der Waals surface area contributed by atoms with Crippen LogP contribution < -0.4 is 0 Å². The van der Waals surface area contributed by atoms with Crippen molar-refractivity contribution < 1.29 is 18.7 Å². The second-order valence-electron chi connectivity index (χ2n) is 6.32. The summed E-state index contributed by atoms with van der Waals surface area (Å²) in [4.78, 5) is 29.5. The zero-order valence-corrected chi connectivity index (χ0v) is 17.5. The lowest BCUT2D eigenvalue weighted by Crippen LogP contribution is -2.45. The first kappa shape index (κ1) is 22.3. The van der Waals surface area contributed by atoms with E-state index in [1.165, 1.54) is 24.1 Å². The Morgan fingerprint density at radius 3 is 2.46 bits per heavy atom. The van der Waals surface area contributed by atoms with Crippen molar-refractivity contribution in [2.45, 2.75) is 25.4 Å². The van der Waals surface area contributed by atoms with E-state index in [1.807, 2.05) is 17.5 Å². The summed E-state index contributed by atoms with van der Waals surface area (Å²) in [7, 11) is 1.53. The molecule has 2 aromatic rings. The Bertz CT molecular complexity index is 753. The SMILES string of the molecule is COCCN(CC(=O)N(Cc1ccc(F)cc1)Cc1cccs1)C(=O)C(C)Cl. The molecule has 1 unspecified atom stereocenters. The van der Waals surface area contributed by atoms with Gasteiger partial charge in [0.2, 0.25) is 11.8 Å². The van der Waals surface area contributed by atoms with Crippen LogP contribution in [-0.4, -0.2) is 53.8 Å². The Morgan fingerprint density at radius 2 is 1.89 bits per heavy atom. The van der Waals surface area contributed by atoms with E-state index in [-0.39, 0.29) is 30.7 Å². The van der Waals surface area contributed by atoms with Gasteiger partial charge in [0, 0.05) is 25.1 Å². The molecule has 1 aromatic carbocycles. The van der Waals surface area contributed by atoms with E-state index < -0.39 is 5.38 Å². The van der Waals surface area contributed by atoms with Gasteiger partial charge in [-0.1, -0.05) is 18.2 Å². The topological polar surface area (TPSA) is 49.9 Å². The number of carbonyl (C=O) groups is 2. The summed E-state index contributed by atoms with van der Waals surface area (Å²) >= 11 is 7.48. The van der Waals surface area contributed by atoms with Crippen molar-refractivity contribution in [3.8, 4) is 0 Å². The summed E-state index contributed by atoms with van der Waals surface area (Å²) in [5, 5.41) is 1.21. The minimum Gasteiger partial charge on any atom is -0.383 e. The highest BCUT2D eigenvalue weighted by Crippen LogP contribution is 2.16. The largest absolute Gasteiger partial charge is 0.383 e. The van der Waals surface area contributed by atoms with Gasteiger partial charge in [-0.15, -0.1) is 22.9 Å². The molecule has 0 spiro atoms. The van der Waals surface area contributed by atoms with Crippen LogP contribution in [-0.2, 0) is 27.4 Å². The van der Waals surface area contributed by atoms with Crippen LogP contribution in [0.1, 0.15) is 17.4 Å². The smallest absolute Gasteiger partial charge is 0.242 e. The molecular formula is C20H24ClFN2O3S. The Hall–Kier alpha value is -1.96. The molecule has 0 aliphatic rings. The lowest BCUT2D eigenvalue weighted by Gasteiger charge is -2.28. The maximum absolute atomic E-state index is 13.2. The fourth-order valence-corrected chi connectivity index (χ4v) is 3.47. The first-order chi connectivity index (χ1) is 13.4. The molecule has 2 amide bonds. The average Bonchev–Trinajstić information content (AvgIpc) is 3.18. The number of thiophene rings is 1. The number of amides is 2. The molecule has 0 N–H and O–H groups in total. The number of halogens is 2. The van der Waals surface area contributed by atoms with Crippen LogP contribution in [0.5, 0.6) is 0 Å². The second-order valence-corrected chi connectivity index (χ2v) is 8.01. The number of hydrogen-bond donors (Lipinski definition) is 0. The molecule has 0 radical (unpaired) electrons. The molecule has 1 aromatic heterocycles. The van der Waals surface area contributed by atoms with Gasteiger partial charge < -0.3 is 14.5 Å². The van der Waals surface area contributed by atoms with E-state index in [2.05, 4.69) is 0 Å². The van der Waals surface area contributed by atoms with Crippen LogP contribution in [0.3, 0.4) is 0 Å². The van der Waals surface area contributed by atoms with Gasteiger partial charge in [0.05, 0.1) is 19.7 Å². The van der Waals surface area contributed by atoms with E-state index in [1.54, 1.807) is 35.3 Å². The van der Waals surface area contributed by atoms with Crippen molar-refractivity contribution in [3.63, 3.8) is 0 Å². The van der Waals surface area contributed by atoms with Crippen molar-refractivity contribution in [3.05, 3.63) is 58.0 Å². The predicted molar refractivity (Wildman–Crippen MR) is 109 cm³/mol. The first-order valence-corrected chi connectivity index (χ1v) is 10.2. The minimum atomic E-state index is -0.729. The molecule has 0 saturated heterocycles. The number of ether oxygens (including phenoxy) is 1. The number of hydrogen-bond acceptors (Lipinski definition) is 4. The van der Waals surface area contributed by atoms with Crippen molar-refractivity contribution in [2.75, 3.05) is 26.8 Å². The van der Waals surface area contributed by atoms with E-state index in [9.17, 15) is 14.0 Å². The monoisotopic (exact) mass is 426 g/mol. The Morgan fingerprint density at radius 1 is 1.18 bits per heavy atom. The van der Waals surface area contributed by atoms with Gasteiger partial charge in [-0.2, -0.15) is 0 Å². The Kier molecular flexibility index (Phi) is 8.89. The molecule has 0 bridgehead atoms. The van der Waals surface area contributed by atoms with Crippen LogP contribution in [0.15, 0.2) is 41.8 Å².